The molecule has 0 saturated carbocycles. The second kappa shape index (κ2) is 7.48. The van der Waals surface area contributed by atoms with Crippen molar-refractivity contribution in [2.45, 2.75) is 25.7 Å². The topological polar surface area (TPSA) is 77.1 Å². The summed E-state index contributed by atoms with van der Waals surface area (Å²) in [5, 5.41) is 11.2. The molecule has 88 valence electrons. The van der Waals surface area contributed by atoms with E-state index in [-0.39, 0.29) is 5.84 Å². The second-order valence-corrected chi connectivity index (χ2v) is 3.83. The normalized spacial score (nSPS) is 19.3. The molecule has 1 fully saturated rings. The van der Waals surface area contributed by atoms with Crippen molar-refractivity contribution in [1.82, 2.24) is 0 Å². The van der Waals surface area contributed by atoms with Crippen molar-refractivity contribution in [3.8, 4) is 0 Å². The minimum absolute atomic E-state index is 0.268. The van der Waals surface area contributed by atoms with Crippen LogP contribution in [0.25, 0.3) is 0 Å². The minimum atomic E-state index is 0.268. The van der Waals surface area contributed by atoms with E-state index in [9.17, 15) is 0 Å². The van der Waals surface area contributed by atoms with Crippen molar-refractivity contribution in [3.05, 3.63) is 0 Å². The summed E-state index contributed by atoms with van der Waals surface area (Å²) in [6.45, 7) is 3.20. The first kappa shape index (κ1) is 12.3. The highest BCUT2D eigenvalue weighted by Crippen LogP contribution is 2.14. The molecule has 0 bridgehead atoms. The van der Waals surface area contributed by atoms with E-state index in [1.165, 1.54) is 0 Å². The number of nitrogens with zero attached hydrogens (tertiary/aromatic N) is 1. The van der Waals surface area contributed by atoms with Gasteiger partial charge in [0.05, 0.1) is 0 Å². The zero-order valence-corrected chi connectivity index (χ0v) is 9.02. The number of nitrogens with two attached hydrogens (primary N) is 1. The first-order chi connectivity index (χ1) is 7.33. The van der Waals surface area contributed by atoms with Crippen molar-refractivity contribution >= 4 is 5.84 Å². The second-order valence-electron chi connectivity index (χ2n) is 3.83. The Morgan fingerprint density at radius 1 is 1.47 bits per heavy atom. The van der Waals surface area contributed by atoms with Gasteiger partial charge in [-0.3, -0.25) is 0 Å². The quantitative estimate of drug-likeness (QED) is 0.228. The molecule has 1 rings (SSSR count). The van der Waals surface area contributed by atoms with Gasteiger partial charge in [-0.2, -0.15) is 0 Å². The third-order valence-corrected chi connectivity index (χ3v) is 2.54. The zero-order chi connectivity index (χ0) is 10.9. The Balaban J connectivity index is 1.92. The molecule has 1 saturated heterocycles. The maximum atomic E-state index is 8.30. The highest BCUT2D eigenvalue weighted by molar-refractivity contribution is 5.79. The van der Waals surface area contributed by atoms with Crippen molar-refractivity contribution in [2.75, 3.05) is 26.4 Å². The molecule has 0 aliphatic carbocycles. The molecule has 0 aromatic rings. The molecule has 0 aromatic carbocycles. The van der Waals surface area contributed by atoms with E-state index in [0.29, 0.717) is 18.9 Å². The molecule has 1 aliphatic rings. The van der Waals surface area contributed by atoms with Crippen molar-refractivity contribution in [2.24, 2.45) is 16.8 Å². The molecule has 1 aliphatic heterocycles. The van der Waals surface area contributed by atoms with Crippen LogP contribution in [0.1, 0.15) is 25.7 Å². The van der Waals surface area contributed by atoms with Gasteiger partial charge in [-0.15, -0.1) is 0 Å². The molecule has 5 heteroatoms. The molecule has 0 spiro atoms. The van der Waals surface area contributed by atoms with E-state index in [4.69, 9.17) is 20.4 Å². The van der Waals surface area contributed by atoms with E-state index < -0.39 is 0 Å². The van der Waals surface area contributed by atoms with Crippen LogP contribution in [0.5, 0.6) is 0 Å². The van der Waals surface area contributed by atoms with Crippen LogP contribution in [-0.4, -0.2) is 37.5 Å². The lowest BCUT2D eigenvalue weighted by Gasteiger charge is -2.21. The van der Waals surface area contributed by atoms with Gasteiger partial charge >= 0.3 is 0 Å². The van der Waals surface area contributed by atoms with Crippen molar-refractivity contribution < 1.29 is 14.7 Å². The van der Waals surface area contributed by atoms with E-state index in [1.807, 2.05) is 0 Å². The summed E-state index contributed by atoms with van der Waals surface area (Å²) < 4.78 is 10.8. The summed E-state index contributed by atoms with van der Waals surface area (Å²) in [6.07, 6.45) is 3.59. The summed E-state index contributed by atoms with van der Waals surface area (Å²) in [5.74, 6) is 0.910. The van der Waals surface area contributed by atoms with E-state index in [0.717, 1.165) is 39.1 Å². The summed E-state index contributed by atoms with van der Waals surface area (Å²) in [6, 6.07) is 0. The molecule has 0 unspecified atom stereocenters. The van der Waals surface area contributed by atoms with E-state index in [2.05, 4.69) is 5.16 Å². The number of ether oxygens (including phenoxy) is 2. The van der Waals surface area contributed by atoms with Gasteiger partial charge in [-0.25, -0.2) is 0 Å². The molecule has 0 atom stereocenters. The first-order valence-corrected chi connectivity index (χ1v) is 5.45. The van der Waals surface area contributed by atoms with Crippen LogP contribution in [0.2, 0.25) is 0 Å². The molecule has 0 aromatic heterocycles. The van der Waals surface area contributed by atoms with Crippen molar-refractivity contribution in [3.63, 3.8) is 0 Å². The standard InChI is InChI=1S/C10H20N2O3/c11-10(12-13)2-1-5-15-8-9-3-6-14-7-4-9/h9,13H,1-8H2,(H2,11,12). The van der Waals surface area contributed by atoms with Crippen LogP contribution in [0.15, 0.2) is 5.16 Å². The lowest BCUT2D eigenvalue weighted by molar-refractivity contribution is 0.0204. The molecular formula is C10H20N2O3. The monoisotopic (exact) mass is 216 g/mol. The molecule has 5 nitrogen and oxygen atoms in total. The Morgan fingerprint density at radius 2 is 2.20 bits per heavy atom. The van der Waals surface area contributed by atoms with Gasteiger partial charge in [0.1, 0.15) is 5.84 Å². The lowest BCUT2D eigenvalue weighted by Crippen LogP contribution is -2.20. The fourth-order valence-corrected chi connectivity index (χ4v) is 1.57. The number of oxime groups is 1. The Hall–Kier alpha value is -0.810. The molecule has 15 heavy (non-hydrogen) atoms. The number of amidine groups is 1. The highest BCUT2D eigenvalue weighted by atomic mass is 16.5. The van der Waals surface area contributed by atoms with Crippen LogP contribution >= 0.6 is 0 Å². The Kier molecular flexibility index (Phi) is 6.11. The molecule has 1 heterocycles. The molecule has 0 radical (unpaired) electrons. The number of hydrogen-bond acceptors (Lipinski definition) is 4. The Bertz CT molecular complexity index is 191. The van der Waals surface area contributed by atoms with Crippen LogP contribution < -0.4 is 5.73 Å². The third kappa shape index (κ3) is 5.59. The highest BCUT2D eigenvalue weighted by Gasteiger charge is 2.13. The first-order valence-electron chi connectivity index (χ1n) is 5.45. The van der Waals surface area contributed by atoms with Crippen LogP contribution in [0, 0.1) is 5.92 Å². The summed E-state index contributed by atoms with van der Waals surface area (Å²) in [4.78, 5) is 0. The number of hydrogen-bond donors (Lipinski definition) is 2. The fourth-order valence-electron chi connectivity index (χ4n) is 1.57. The summed E-state index contributed by atoms with van der Waals surface area (Å²) in [7, 11) is 0. The predicted octanol–water partition coefficient (Wildman–Crippen LogP) is 0.956. The maximum absolute atomic E-state index is 8.30. The average Bonchev–Trinajstić information content (AvgIpc) is 2.29. The fraction of sp³-hybridized carbons (Fsp3) is 0.900. The van der Waals surface area contributed by atoms with E-state index >= 15 is 0 Å². The van der Waals surface area contributed by atoms with Gasteiger partial charge in [0.25, 0.3) is 0 Å². The molecule has 3 N–H and O–H groups in total. The van der Waals surface area contributed by atoms with Crippen LogP contribution in [0.4, 0.5) is 0 Å². The van der Waals surface area contributed by atoms with Gasteiger partial charge in [0, 0.05) is 32.8 Å². The van der Waals surface area contributed by atoms with Crippen LogP contribution in [0.3, 0.4) is 0 Å². The smallest absolute Gasteiger partial charge is 0.139 e. The Labute approximate surface area is 90.2 Å². The van der Waals surface area contributed by atoms with Gasteiger partial charge in [0.15, 0.2) is 0 Å². The summed E-state index contributed by atoms with van der Waals surface area (Å²) >= 11 is 0. The SMILES string of the molecule is NC(CCCOCC1CCOCC1)=NO. The zero-order valence-electron chi connectivity index (χ0n) is 9.02. The Morgan fingerprint density at radius 3 is 2.87 bits per heavy atom. The average molecular weight is 216 g/mol. The lowest BCUT2D eigenvalue weighted by atomic mass is 10.0. The van der Waals surface area contributed by atoms with Crippen molar-refractivity contribution in [1.29, 1.82) is 0 Å². The van der Waals surface area contributed by atoms with Gasteiger partial charge in [-0.05, 0) is 25.2 Å². The third-order valence-electron chi connectivity index (χ3n) is 2.54. The maximum Gasteiger partial charge on any atom is 0.139 e. The largest absolute Gasteiger partial charge is 0.409 e. The summed E-state index contributed by atoms with van der Waals surface area (Å²) in [5.41, 5.74) is 5.33. The molecular weight excluding hydrogens is 196 g/mol. The molecule has 0 amide bonds. The van der Waals surface area contributed by atoms with E-state index in [1.54, 1.807) is 0 Å². The minimum Gasteiger partial charge on any atom is -0.409 e. The van der Waals surface area contributed by atoms with Crippen LogP contribution in [-0.2, 0) is 9.47 Å². The van der Waals surface area contributed by atoms with Gasteiger partial charge in [0.2, 0.25) is 0 Å². The predicted molar refractivity (Wildman–Crippen MR) is 57.0 cm³/mol. The van der Waals surface area contributed by atoms with Gasteiger partial charge in [-0.1, -0.05) is 5.16 Å². The number of rotatable bonds is 6. The van der Waals surface area contributed by atoms with Gasteiger partial charge < -0.3 is 20.4 Å².